The first kappa shape index (κ1) is 23.8. The van der Waals surface area contributed by atoms with Gasteiger partial charge in [0.15, 0.2) is 0 Å². The molecular weight excluding hydrogens is 408 g/mol. The van der Waals surface area contributed by atoms with Gasteiger partial charge in [-0.2, -0.15) is 13.2 Å². The van der Waals surface area contributed by atoms with Gasteiger partial charge in [0.05, 0.1) is 10.6 Å². The van der Waals surface area contributed by atoms with E-state index in [4.69, 9.17) is 11.6 Å². The highest BCUT2D eigenvalue weighted by Gasteiger charge is 2.36. The fourth-order valence-electron chi connectivity index (χ4n) is 4.14. The van der Waals surface area contributed by atoms with E-state index in [2.05, 4.69) is 10.2 Å². The monoisotopic (exact) mass is 432 g/mol. The second-order valence-corrected chi connectivity index (χ2v) is 7.27. The second kappa shape index (κ2) is 10.4. The molecule has 0 aromatic heterocycles. The first-order valence-electron chi connectivity index (χ1n) is 8.78. The third kappa shape index (κ3) is 5.65. The molecule has 1 aliphatic carbocycles. The third-order valence-corrected chi connectivity index (χ3v) is 5.61. The molecule has 0 unspecified atom stereocenters. The summed E-state index contributed by atoms with van der Waals surface area (Å²) in [5, 5.41) is 3.11. The number of alkyl halides is 3. The number of nitrogens with one attached hydrogen (secondary N) is 1. The molecule has 1 aromatic carbocycles. The van der Waals surface area contributed by atoms with Gasteiger partial charge >= 0.3 is 6.18 Å². The SMILES string of the molecule is Cl.Cl.FC(F)(F)c1cc([C@@H](C2CCCCC2)N2CCNCC2)ccc1Cl. The Balaban J connectivity index is 0.00000169. The highest BCUT2D eigenvalue weighted by Crippen LogP contribution is 2.42. The van der Waals surface area contributed by atoms with Crippen LogP contribution in [0.4, 0.5) is 13.2 Å². The Hall–Kier alpha value is -0.200. The van der Waals surface area contributed by atoms with E-state index in [0.717, 1.165) is 44.6 Å². The van der Waals surface area contributed by atoms with Crippen molar-refractivity contribution in [2.75, 3.05) is 26.2 Å². The van der Waals surface area contributed by atoms with Crippen LogP contribution in [0, 0.1) is 5.92 Å². The highest BCUT2D eigenvalue weighted by atomic mass is 35.5. The van der Waals surface area contributed by atoms with Gasteiger partial charge in [-0.3, -0.25) is 4.90 Å². The maximum Gasteiger partial charge on any atom is 0.417 e. The van der Waals surface area contributed by atoms with Crippen LogP contribution in [0.25, 0.3) is 0 Å². The van der Waals surface area contributed by atoms with Crippen LogP contribution >= 0.6 is 36.4 Å². The average molecular weight is 434 g/mol. The molecule has 2 nitrogen and oxygen atoms in total. The van der Waals surface area contributed by atoms with Crippen LogP contribution in [0.1, 0.15) is 49.3 Å². The molecule has 1 saturated heterocycles. The van der Waals surface area contributed by atoms with Crippen LogP contribution in [0.3, 0.4) is 0 Å². The fraction of sp³-hybridized carbons (Fsp3) is 0.667. The molecule has 0 spiro atoms. The summed E-state index contributed by atoms with van der Waals surface area (Å²) in [6, 6.07) is 4.55. The van der Waals surface area contributed by atoms with Gasteiger partial charge in [0.2, 0.25) is 0 Å². The van der Waals surface area contributed by atoms with Gasteiger partial charge in [-0.25, -0.2) is 0 Å². The minimum atomic E-state index is -4.41. The summed E-state index contributed by atoms with van der Waals surface area (Å²) in [6.07, 6.45) is 1.37. The lowest BCUT2D eigenvalue weighted by Crippen LogP contribution is -2.47. The maximum absolute atomic E-state index is 13.3. The van der Waals surface area contributed by atoms with Crippen LogP contribution < -0.4 is 5.32 Å². The number of piperazine rings is 1. The minimum Gasteiger partial charge on any atom is -0.314 e. The molecule has 3 rings (SSSR count). The van der Waals surface area contributed by atoms with Crippen molar-refractivity contribution in [2.24, 2.45) is 5.92 Å². The summed E-state index contributed by atoms with van der Waals surface area (Å²) in [5.41, 5.74) is 0.0538. The molecule has 1 aromatic rings. The number of hydrogen-bond donors (Lipinski definition) is 1. The number of rotatable bonds is 3. The Morgan fingerprint density at radius 3 is 2.23 bits per heavy atom. The zero-order chi connectivity index (χ0) is 17.2. The van der Waals surface area contributed by atoms with E-state index in [1.165, 1.54) is 31.4 Å². The summed E-state index contributed by atoms with van der Waals surface area (Å²) in [6.45, 7) is 3.54. The number of hydrogen-bond acceptors (Lipinski definition) is 2. The first-order chi connectivity index (χ1) is 11.5. The highest BCUT2D eigenvalue weighted by molar-refractivity contribution is 6.31. The molecule has 1 N–H and O–H groups in total. The fourth-order valence-corrected chi connectivity index (χ4v) is 4.36. The van der Waals surface area contributed by atoms with Crippen molar-refractivity contribution < 1.29 is 13.2 Å². The van der Waals surface area contributed by atoms with E-state index in [1.54, 1.807) is 6.07 Å². The lowest BCUT2D eigenvalue weighted by Gasteiger charge is -2.41. The predicted molar refractivity (Wildman–Crippen MR) is 105 cm³/mol. The molecule has 1 heterocycles. The van der Waals surface area contributed by atoms with Crippen LogP contribution in [-0.4, -0.2) is 31.1 Å². The first-order valence-corrected chi connectivity index (χ1v) is 9.16. The van der Waals surface area contributed by atoms with Crippen molar-refractivity contribution in [3.63, 3.8) is 0 Å². The van der Waals surface area contributed by atoms with Gasteiger partial charge in [0.1, 0.15) is 0 Å². The molecule has 0 amide bonds. The Morgan fingerprint density at radius 1 is 1.04 bits per heavy atom. The summed E-state index contributed by atoms with van der Waals surface area (Å²) in [7, 11) is 0. The Bertz CT molecular complexity index is 539. The van der Waals surface area contributed by atoms with Gasteiger partial charge in [-0.1, -0.05) is 36.9 Å². The van der Waals surface area contributed by atoms with Crippen molar-refractivity contribution in [3.8, 4) is 0 Å². The minimum absolute atomic E-state index is 0. The Morgan fingerprint density at radius 2 is 1.65 bits per heavy atom. The maximum atomic E-state index is 13.3. The molecule has 2 fully saturated rings. The molecular formula is C18H26Cl3F3N2. The molecule has 26 heavy (non-hydrogen) atoms. The zero-order valence-corrected chi connectivity index (χ0v) is 16.9. The van der Waals surface area contributed by atoms with Crippen molar-refractivity contribution >= 4 is 36.4 Å². The van der Waals surface area contributed by atoms with Gasteiger partial charge < -0.3 is 5.32 Å². The summed E-state index contributed by atoms with van der Waals surface area (Å²) in [5.74, 6) is 0.430. The molecule has 2 aliphatic rings. The topological polar surface area (TPSA) is 15.3 Å². The Labute approximate surface area is 170 Å². The van der Waals surface area contributed by atoms with Crippen molar-refractivity contribution in [1.29, 1.82) is 0 Å². The second-order valence-electron chi connectivity index (χ2n) is 6.87. The average Bonchev–Trinajstić information content (AvgIpc) is 2.57. The van der Waals surface area contributed by atoms with E-state index in [0.29, 0.717) is 5.92 Å². The van der Waals surface area contributed by atoms with E-state index >= 15 is 0 Å². The quantitative estimate of drug-likeness (QED) is 0.655. The summed E-state index contributed by atoms with van der Waals surface area (Å²) < 4.78 is 39.8. The van der Waals surface area contributed by atoms with Gasteiger partial charge in [0.25, 0.3) is 0 Å². The van der Waals surface area contributed by atoms with Crippen LogP contribution in [0.5, 0.6) is 0 Å². The van der Waals surface area contributed by atoms with E-state index in [9.17, 15) is 13.2 Å². The smallest absolute Gasteiger partial charge is 0.314 e. The molecule has 1 aliphatic heterocycles. The molecule has 1 saturated carbocycles. The van der Waals surface area contributed by atoms with E-state index in [1.807, 2.05) is 0 Å². The molecule has 150 valence electrons. The lowest BCUT2D eigenvalue weighted by molar-refractivity contribution is -0.137. The van der Waals surface area contributed by atoms with Gasteiger partial charge in [-0.15, -0.1) is 24.8 Å². The standard InChI is InChI=1S/C18H24ClF3N2.2ClH/c19-16-7-6-14(12-15(16)18(20,21)22)17(13-4-2-1-3-5-13)24-10-8-23-9-11-24;;/h6-7,12-13,17,23H,1-5,8-11H2;2*1H/t17-;;/m1../s1. The Kier molecular flexibility index (Phi) is 9.51. The van der Waals surface area contributed by atoms with Crippen molar-refractivity contribution in [1.82, 2.24) is 10.2 Å². The third-order valence-electron chi connectivity index (χ3n) is 5.28. The zero-order valence-electron chi connectivity index (χ0n) is 14.5. The molecule has 0 bridgehead atoms. The van der Waals surface area contributed by atoms with Gasteiger partial charge in [-0.05, 0) is 36.5 Å². The van der Waals surface area contributed by atoms with Crippen LogP contribution in [0.15, 0.2) is 18.2 Å². The van der Waals surface area contributed by atoms with Crippen LogP contribution in [-0.2, 0) is 6.18 Å². The van der Waals surface area contributed by atoms with Crippen LogP contribution in [0.2, 0.25) is 5.02 Å². The lowest BCUT2D eigenvalue weighted by atomic mass is 9.80. The van der Waals surface area contributed by atoms with Gasteiger partial charge in [0, 0.05) is 32.2 Å². The van der Waals surface area contributed by atoms with E-state index in [-0.39, 0.29) is 35.9 Å². The number of halogens is 6. The predicted octanol–water partition coefficient (Wildman–Crippen LogP) is 5.73. The number of benzene rings is 1. The summed E-state index contributed by atoms with van der Waals surface area (Å²) >= 11 is 5.81. The number of nitrogens with zero attached hydrogens (tertiary/aromatic N) is 1. The molecule has 1 atom stereocenters. The largest absolute Gasteiger partial charge is 0.417 e. The summed E-state index contributed by atoms with van der Waals surface area (Å²) in [4.78, 5) is 2.36. The molecule has 0 radical (unpaired) electrons. The normalized spacial score (nSPS) is 20.8. The van der Waals surface area contributed by atoms with Crippen molar-refractivity contribution in [2.45, 2.75) is 44.3 Å². The van der Waals surface area contributed by atoms with E-state index < -0.39 is 11.7 Å². The molecule has 8 heteroatoms. The van der Waals surface area contributed by atoms with Crippen molar-refractivity contribution in [3.05, 3.63) is 34.3 Å².